The van der Waals surface area contributed by atoms with Crippen molar-refractivity contribution in [3.63, 3.8) is 0 Å². The minimum atomic E-state index is -3.38. The van der Waals surface area contributed by atoms with E-state index in [1.165, 1.54) is 18.2 Å². The molecule has 0 fully saturated rings. The van der Waals surface area contributed by atoms with Gasteiger partial charge in [-0.05, 0) is 17.7 Å². The van der Waals surface area contributed by atoms with Crippen molar-refractivity contribution in [2.75, 3.05) is 6.61 Å². The Morgan fingerprint density at radius 3 is 2.47 bits per heavy atom. The van der Waals surface area contributed by atoms with Crippen molar-refractivity contribution in [1.82, 2.24) is 0 Å². The van der Waals surface area contributed by atoms with E-state index < -0.39 is 18.6 Å². The molecule has 0 aromatic heterocycles. The van der Waals surface area contributed by atoms with E-state index in [0.29, 0.717) is 0 Å². The Morgan fingerprint density at radius 1 is 1.40 bits per heavy atom. The number of aliphatic hydroxyl groups excluding tert-OH is 1. The average molecular weight is 240 g/mol. The molecular formula is C9H12ClF2NO2. The number of phenolic OH excluding ortho intramolecular Hbond substituents is 1. The highest BCUT2D eigenvalue weighted by molar-refractivity contribution is 5.85. The molecule has 0 heterocycles. The first-order valence-electron chi connectivity index (χ1n) is 4.00. The number of phenols is 1. The van der Waals surface area contributed by atoms with Crippen molar-refractivity contribution in [1.29, 1.82) is 0 Å². The highest BCUT2D eigenvalue weighted by Crippen LogP contribution is 2.29. The van der Waals surface area contributed by atoms with E-state index in [2.05, 4.69) is 0 Å². The summed E-state index contributed by atoms with van der Waals surface area (Å²) in [7, 11) is 0. The van der Waals surface area contributed by atoms with Gasteiger partial charge < -0.3 is 15.9 Å². The second-order valence-corrected chi connectivity index (χ2v) is 2.99. The van der Waals surface area contributed by atoms with Crippen LogP contribution in [0.2, 0.25) is 0 Å². The molecule has 3 nitrogen and oxygen atoms in total. The van der Waals surface area contributed by atoms with Crippen LogP contribution in [-0.2, 0) is 0 Å². The van der Waals surface area contributed by atoms with Crippen molar-refractivity contribution in [2.24, 2.45) is 5.73 Å². The summed E-state index contributed by atoms with van der Waals surface area (Å²) in [6.07, 6.45) is 0. The van der Waals surface area contributed by atoms with Crippen molar-refractivity contribution in [2.45, 2.75) is 12.0 Å². The van der Waals surface area contributed by atoms with Crippen molar-refractivity contribution < 1.29 is 19.0 Å². The van der Waals surface area contributed by atoms with Gasteiger partial charge in [-0.1, -0.05) is 12.1 Å². The van der Waals surface area contributed by atoms with Gasteiger partial charge in [0, 0.05) is 0 Å². The highest BCUT2D eigenvalue weighted by Gasteiger charge is 2.37. The monoisotopic (exact) mass is 239 g/mol. The molecule has 1 rings (SSSR count). The molecule has 0 spiro atoms. The maximum absolute atomic E-state index is 12.9. The van der Waals surface area contributed by atoms with Crippen LogP contribution in [0.3, 0.4) is 0 Å². The summed E-state index contributed by atoms with van der Waals surface area (Å²) < 4.78 is 25.8. The fourth-order valence-electron chi connectivity index (χ4n) is 1.06. The molecule has 0 amide bonds. The molecule has 0 aliphatic carbocycles. The molecular weight excluding hydrogens is 228 g/mol. The van der Waals surface area contributed by atoms with E-state index in [4.69, 9.17) is 15.9 Å². The number of aromatic hydroxyl groups is 1. The van der Waals surface area contributed by atoms with Crippen LogP contribution in [0, 0.1) is 0 Å². The molecule has 86 valence electrons. The van der Waals surface area contributed by atoms with Crippen LogP contribution in [0.5, 0.6) is 5.75 Å². The topological polar surface area (TPSA) is 66.5 Å². The predicted molar refractivity (Wildman–Crippen MR) is 54.3 cm³/mol. The van der Waals surface area contributed by atoms with Crippen LogP contribution in [0.4, 0.5) is 8.78 Å². The van der Waals surface area contributed by atoms with E-state index in [1.54, 1.807) is 0 Å². The van der Waals surface area contributed by atoms with Gasteiger partial charge in [-0.2, -0.15) is 0 Å². The van der Waals surface area contributed by atoms with Crippen LogP contribution in [0.1, 0.15) is 11.6 Å². The lowest BCUT2D eigenvalue weighted by Crippen LogP contribution is -2.36. The van der Waals surface area contributed by atoms with Gasteiger partial charge in [-0.3, -0.25) is 0 Å². The third-order valence-corrected chi connectivity index (χ3v) is 1.90. The Balaban J connectivity index is 0.00000196. The fourth-order valence-corrected chi connectivity index (χ4v) is 1.06. The van der Waals surface area contributed by atoms with E-state index in [1.807, 2.05) is 0 Å². The van der Waals surface area contributed by atoms with Crippen LogP contribution >= 0.6 is 12.4 Å². The standard InChI is InChI=1S/C9H11F2NO2.ClH/c10-9(11,5-13)8(12)6-2-1-3-7(14)4-6;/h1-4,8,13-14H,5,12H2;1H/t8-;/m1./s1. The molecule has 4 N–H and O–H groups in total. The number of rotatable bonds is 3. The molecule has 6 heteroatoms. The van der Waals surface area contributed by atoms with Gasteiger partial charge in [0.1, 0.15) is 12.4 Å². The van der Waals surface area contributed by atoms with Crippen LogP contribution in [0.15, 0.2) is 24.3 Å². The second kappa shape index (κ2) is 5.25. The van der Waals surface area contributed by atoms with Gasteiger partial charge >= 0.3 is 0 Å². The maximum Gasteiger partial charge on any atom is 0.289 e. The van der Waals surface area contributed by atoms with Gasteiger partial charge in [0.25, 0.3) is 5.92 Å². The van der Waals surface area contributed by atoms with Crippen molar-refractivity contribution in [3.05, 3.63) is 29.8 Å². The number of halogens is 3. The zero-order valence-corrected chi connectivity index (χ0v) is 8.55. The van der Waals surface area contributed by atoms with Gasteiger partial charge in [-0.15, -0.1) is 12.4 Å². The van der Waals surface area contributed by atoms with Gasteiger partial charge in [0.05, 0.1) is 6.04 Å². The summed E-state index contributed by atoms with van der Waals surface area (Å²) in [5.74, 6) is -3.51. The van der Waals surface area contributed by atoms with E-state index in [9.17, 15) is 8.78 Å². The molecule has 0 saturated heterocycles. The van der Waals surface area contributed by atoms with Crippen LogP contribution < -0.4 is 5.73 Å². The lowest BCUT2D eigenvalue weighted by molar-refractivity contribution is -0.0712. The second-order valence-electron chi connectivity index (χ2n) is 2.99. The van der Waals surface area contributed by atoms with Gasteiger partial charge in [-0.25, -0.2) is 8.78 Å². The Morgan fingerprint density at radius 2 is 2.00 bits per heavy atom. The lowest BCUT2D eigenvalue weighted by atomic mass is 10.0. The Bertz CT molecular complexity index is 323. The summed E-state index contributed by atoms with van der Waals surface area (Å²) >= 11 is 0. The maximum atomic E-state index is 12.9. The third-order valence-electron chi connectivity index (χ3n) is 1.90. The molecule has 0 bridgehead atoms. The summed E-state index contributed by atoms with van der Waals surface area (Å²) in [5.41, 5.74) is 5.32. The molecule has 1 aromatic carbocycles. The normalized spacial score (nSPS) is 13.1. The van der Waals surface area contributed by atoms with E-state index >= 15 is 0 Å². The Hall–Kier alpha value is -0.910. The van der Waals surface area contributed by atoms with Crippen LogP contribution in [-0.4, -0.2) is 22.7 Å². The molecule has 0 aliphatic heterocycles. The molecule has 0 saturated carbocycles. The Kier molecular flexibility index (Phi) is 4.93. The van der Waals surface area contributed by atoms with Crippen LogP contribution in [0.25, 0.3) is 0 Å². The zero-order valence-electron chi connectivity index (χ0n) is 7.73. The molecule has 0 radical (unpaired) electrons. The number of hydrogen-bond donors (Lipinski definition) is 3. The number of benzene rings is 1. The zero-order chi connectivity index (χ0) is 10.8. The third kappa shape index (κ3) is 3.30. The fraction of sp³-hybridized carbons (Fsp3) is 0.333. The minimum Gasteiger partial charge on any atom is -0.508 e. The average Bonchev–Trinajstić information content (AvgIpc) is 2.16. The van der Waals surface area contributed by atoms with Gasteiger partial charge in [0.2, 0.25) is 0 Å². The molecule has 1 aromatic rings. The first-order valence-corrected chi connectivity index (χ1v) is 4.00. The summed E-state index contributed by atoms with van der Waals surface area (Å²) in [6, 6.07) is 3.67. The first kappa shape index (κ1) is 14.1. The van der Waals surface area contributed by atoms with Gasteiger partial charge in [0.15, 0.2) is 0 Å². The minimum absolute atomic E-state index is 0. The quantitative estimate of drug-likeness (QED) is 0.748. The number of hydrogen-bond acceptors (Lipinski definition) is 3. The largest absolute Gasteiger partial charge is 0.508 e. The number of nitrogens with two attached hydrogens (primary N) is 1. The summed E-state index contributed by atoms with van der Waals surface area (Å²) in [6.45, 7) is -1.32. The van der Waals surface area contributed by atoms with E-state index in [0.717, 1.165) is 6.07 Å². The number of alkyl halides is 2. The summed E-state index contributed by atoms with van der Waals surface area (Å²) in [4.78, 5) is 0. The van der Waals surface area contributed by atoms with Crippen molar-refractivity contribution in [3.8, 4) is 5.75 Å². The molecule has 0 aliphatic rings. The number of aliphatic hydroxyl groups is 1. The highest BCUT2D eigenvalue weighted by atomic mass is 35.5. The Labute approximate surface area is 91.9 Å². The molecule has 1 atom stereocenters. The predicted octanol–water partition coefficient (Wildman–Crippen LogP) is 1.44. The SMILES string of the molecule is Cl.N[C@H](c1cccc(O)c1)C(F)(F)CO. The molecule has 0 unspecified atom stereocenters. The van der Waals surface area contributed by atoms with Crippen molar-refractivity contribution >= 4 is 12.4 Å². The smallest absolute Gasteiger partial charge is 0.289 e. The first-order chi connectivity index (χ1) is 6.47. The lowest BCUT2D eigenvalue weighted by Gasteiger charge is -2.21. The van der Waals surface area contributed by atoms with E-state index in [-0.39, 0.29) is 23.7 Å². The summed E-state index contributed by atoms with van der Waals surface area (Å²) in [5, 5.41) is 17.4. The molecule has 15 heavy (non-hydrogen) atoms.